The Morgan fingerprint density at radius 1 is 1.03 bits per heavy atom. The smallest absolute Gasteiger partial charge is 0.266 e. The van der Waals surface area contributed by atoms with E-state index >= 15 is 0 Å². The Labute approximate surface area is 198 Å². The fourth-order valence-corrected chi connectivity index (χ4v) is 4.27. The predicted octanol–water partition coefficient (Wildman–Crippen LogP) is 5.96. The lowest BCUT2D eigenvalue weighted by molar-refractivity contribution is 0.0681. The molecule has 1 aromatic heterocycles. The van der Waals surface area contributed by atoms with Crippen molar-refractivity contribution < 1.29 is 4.79 Å². The monoisotopic (exact) mass is 459 g/mol. The van der Waals surface area contributed by atoms with E-state index < -0.39 is 6.04 Å². The van der Waals surface area contributed by atoms with Gasteiger partial charge in [-0.15, -0.1) is 0 Å². The first kappa shape index (κ1) is 22.7. The molecule has 4 rings (SSSR count). The minimum atomic E-state index is -0.451. The molecule has 1 heterocycles. The minimum absolute atomic E-state index is 0.0956. The second kappa shape index (κ2) is 9.59. The Hall–Kier alpha value is -3.44. The van der Waals surface area contributed by atoms with E-state index in [9.17, 15) is 9.59 Å². The number of amides is 1. The number of para-hydroxylation sites is 1. The van der Waals surface area contributed by atoms with Crippen LogP contribution in [0.3, 0.4) is 0 Å². The van der Waals surface area contributed by atoms with Gasteiger partial charge in [-0.3, -0.25) is 14.2 Å². The summed E-state index contributed by atoms with van der Waals surface area (Å²) in [6.45, 7) is 6.36. The van der Waals surface area contributed by atoms with Gasteiger partial charge in [0.25, 0.3) is 11.5 Å². The highest BCUT2D eigenvalue weighted by Gasteiger charge is 2.27. The fraction of sp³-hybridized carbons (Fsp3) is 0.222. The molecule has 0 fully saturated rings. The Morgan fingerprint density at radius 3 is 2.45 bits per heavy atom. The first-order chi connectivity index (χ1) is 15.9. The van der Waals surface area contributed by atoms with Crippen molar-refractivity contribution in [3.8, 4) is 5.69 Å². The third-order valence-electron chi connectivity index (χ3n) is 5.87. The zero-order valence-electron chi connectivity index (χ0n) is 19.0. The molecular weight excluding hydrogens is 434 g/mol. The van der Waals surface area contributed by atoms with Crippen LogP contribution in [0.25, 0.3) is 16.6 Å². The van der Waals surface area contributed by atoms with Crippen LogP contribution < -0.4 is 5.56 Å². The summed E-state index contributed by atoms with van der Waals surface area (Å²) in [7, 11) is 0. The summed E-state index contributed by atoms with van der Waals surface area (Å²) in [6.07, 6.45) is 0.775. The SMILES string of the molecule is CCCN(C(=O)c1ccccc1)C(C)c1nc2ccccc2c(=O)n1-c1cccc(Cl)c1C. The Kier molecular flexibility index (Phi) is 6.61. The van der Waals surface area contributed by atoms with Gasteiger partial charge < -0.3 is 4.90 Å². The number of benzene rings is 3. The summed E-state index contributed by atoms with van der Waals surface area (Å²) in [5.74, 6) is 0.406. The van der Waals surface area contributed by atoms with Crippen LogP contribution in [0.5, 0.6) is 0 Å². The van der Waals surface area contributed by atoms with Crippen molar-refractivity contribution >= 4 is 28.4 Å². The molecule has 0 saturated carbocycles. The first-order valence-corrected chi connectivity index (χ1v) is 11.4. The van der Waals surface area contributed by atoms with E-state index in [-0.39, 0.29) is 11.5 Å². The topological polar surface area (TPSA) is 55.2 Å². The minimum Gasteiger partial charge on any atom is -0.329 e. The zero-order chi connectivity index (χ0) is 23.5. The van der Waals surface area contributed by atoms with E-state index in [0.717, 1.165) is 12.0 Å². The van der Waals surface area contributed by atoms with E-state index in [2.05, 4.69) is 0 Å². The van der Waals surface area contributed by atoms with Crippen LogP contribution in [-0.2, 0) is 0 Å². The number of carbonyl (C=O) groups is 1. The largest absolute Gasteiger partial charge is 0.329 e. The average molecular weight is 460 g/mol. The van der Waals surface area contributed by atoms with Crippen molar-refractivity contribution in [1.82, 2.24) is 14.5 Å². The van der Waals surface area contributed by atoms with Crippen LogP contribution in [0.1, 0.15) is 48.1 Å². The molecule has 168 valence electrons. The molecule has 0 aliphatic rings. The van der Waals surface area contributed by atoms with Crippen molar-refractivity contribution in [2.24, 2.45) is 0 Å². The highest BCUT2D eigenvalue weighted by Crippen LogP contribution is 2.28. The van der Waals surface area contributed by atoms with E-state index in [4.69, 9.17) is 16.6 Å². The molecule has 1 amide bonds. The molecule has 33 heavy (non-hydrogen) atoms. The van der Waals surface area contributed by atoms with Gasteiger partial charge in [0.1, 0.15) is 5.82 Å². The molecule has 3 aromatic carbocycles. The number of halogens is 1. The number of nitrogens with zero attached hydrogens (tertiary/aromatic N) is 3. The quantitative estimate of drug-likeness (QED) is 0.357. The maximum Gasteiger partial charge on any atom is 0.266 e. The van der Waals surface area contributed by atoms with E-state index in [1.54, 1.807) is 33.7 Å². The molecule has 1 atom stereocenters. The van der Waals surface area contributed by atoms with Gasteiger partial charge in [-0.25, -0.2) is 4.98 Å². The average Bonchev–Trinajstić information content (AvgIpc) is 2.84. The number of fused-ring (bicyclic) bond motifs is 1. The molecule has 0 bridgehead atoms. The van der Waals surface area contributed by atoms with Crippen LogP contribution in [0.2, 0.25) is 5.02 Å². The molecule has 5 nitrogen and oxygen atoms in total. The van der Waals surface area contributed by atoms with Crippen LogP contribution in [-0.4, -0.2) is 26.9 Å². The van der Waals surface area contributed by atoms with Gasteiger partial charge in [0, 0.05) is 17.1 Å². The molecule has 4 aromatic rings. The van der Waals surface area contributed by atoms with Gasteiger partial charge >= 0.3 is 0 Å². The van der Waals surface area contributed by atoms with Gasteiger partial charge in [-0.05, 0) is 62.2 Å². The van der Waals surface area contributed by atoms with Gasteiger partial charge in [0.2, 0.25) is 0 Å². The van der Waals surface area contributed by atoms with E-state index in [1.807, 2.05) is 69.3 Å². The zero-order valence-corrected chi connectivity index (χ0v) is 19.7. The number of carbonyl (C=O) groups excluding carboxylic acids is 1. The summed E-state index contributed by atoms with van der Waals surface area (Å²) in [5, 5.41) is 1.08. The summed E-state index contributed by atoms with van der Waals surface area (Å²) < 4.78 is 1.61. The third kappa shape index (κ3) is 4.29. The lowest BCUT2D eigenvalue weighted by Crippen LogP contribution is -2.38. The van der Waals surface area contributed by atoms with Gasteiger partial charge in [-0.1, -0.05) is 54.9 Å². The van der Waals surface area contributed by atoms with Gasteiger partial charge in [0.05, 0.1) is 22.6 Å². The molecule has 0 spiro atoms. The van der Waals surface area contributed by atoms with E-state index in [0.29, 0.717) is 39.5 Å². The van der Waals surface area contributed by atoms with E-state index in [1.165, 1.54) is 0 Å². The van der Waals surface area contributed by atoms with Crippen molar-refractivity contribution in [2.75, 3.05) is 6.54 Å². The molecule has 1 unspecified atom stereocenters. The van der Waals surface area contributed by atoms with Crippen molar-refractivity contribution in [3.05, 3.63) is 105 Å². The normalized spacial score (nSPS) is 12.0. The Bertz CT molecular complexity index is 1370. The number of aromatic nitrogens is 2. The summed E-state index contributed by atoms with van der Waals surface area (Å²) in [4.78, 5) is 33.8. The van der Waals surface area contributed by atoms with Gasteiger partial charge in [0.15, 0.2) is 0 Å². The predicted molar refractivity (Wildman–Crippen MR) is 133 cm³/mol. The lowest BCUT2D eigenvalue weighted by atomic mass is 10.1. The molecule has 0 aliphatic heterocycles. The number of hydrogen-bond acceptors (Lipinski definition) is 3. The third-order valence-corrected chi connectivity index (χ3v) is 6.28. The first-order valence-electron chi connectivity index (χ1n) is 11.1. The Morgan fingerprint density at radius 2 is 1.73 bits per heavy atom. The van der Waals surface area contributed by atoms with Crippen molar-refractivity contribution in [2.45, 2.75) is 33.2 Å². The highest BCUT2D eigenvalue weighted by atomic mass is 35.5. The standard InChI is InChI=1S/C27H26ClN3O2/c1-4-17-30(26(32)20-11-6-5-7-12-20)19(3)25-29-23-15-9-8-13-21(23)27(33)31(25)24-16-10-14-22(28)18(24)2/h5-16,19H,4,17H2,1-3H3. The highest BCUT2D eigenvalue weighted by molar-refractivity contribution is 6.31. The van der Waals surface area contributed by atoms with Crippen molar-refractivity contribution in [3.63, 3.8) is 0 Å². The van der Waals surface area contributed by atoms with Crippen LogP contribution >= 0.6 is 11.6 Å². The lowest BCUT2D eigenvalue weighted by Gasteiger charge is -2.30. The van der Waals surface area contributed by atoms with Crippen molar-refractivity contribution in [1.29, 1.82) is 0 Å². The molecular formula is C27H26ClN3O2. The number of hydrogen-bond donors (Lipinski definition) is 0. The summed E-state index contributed by atoms with van der Waals surface area (Å²) in [5.41, 5.74) is 2.46. The second-order valence-electron chi connectivity index (χ2n) is 8.05. The Balaban J connectivity index is 1.96. The molecule has 0 aliphatic carbocycles. The van der Waals surface area contributed by atoms with Crippen LogP contribution in [0, 0.1) is 6.92 Å². The molecule has 0 N–H and O–H groups in total. The molecule has 0 saturated heterocycles. The number of rotatable bonds is 6. The second-order valence-corrected chi connectivity index (χ2v) is 8.46. The van der Waals surface area contributed by atoms with Gasteiger partial charge in [-0.2, -0.15) is 0 Å². The molecule has 0 radical (unpaired) electrons. The van der Waals surface area contributed by atoms with Crippen LogP contribution in [0.4, 0.5) is 0 Å². The molecule has 6 heteroatoms. The summed E-state index contributed by atoms with van der Waals surface area (Å²) >= 11 is 6.41. The fourth-order valence-electron chi connectivity index (χ4n) is 4.10. The van der Waals surface area contributed by atoms with Crippen LogP contribution in [0.15, 0.2) is 77.6 Å². The summed E-state index contributed by atoms with van der Waals surface area (Å²) in [6, 6.07) is 21.5. The maximum absolute atomic E-state index is 13.7. The maximum atomic E-state index is 13.7.